The molecule has 0 aliphatic carbocycles. The van der Waals surface area contributed by atoms with Crippen LogP contribution < -0.4 is 15.2 Å². The van der Waals surface area contributed by atoms with Crippen molar-refractivity contribution in [2.24, 2.45) is 0 Å². The van der Waals surface area contributed by atoms with Gasteiger partial charge >= 0.3 is 0 Å². The van der Waals surface area contributed by atoms with Gasteiger partial charge in [-0.25, -0.2) is 0 Å². The van der Waals surface area contributed by atoms with Gasteiger partial charge in [-0.3, -0.25) is 4.79 Å². The summed E-state index contributed by atoms with van der Waals surface area (Å²) in [5, 5.41) is 12.9. The first-order valence-electron chi connectivity index (χ1n) is 6.97. The first-order chi connectivity index (χ1) is 10.1. The topological polar surface area (TPSA) is 87.7 Å². The third-order valence-corrected chi connectivity index (χ3v) is 3.15. The Morgan fingerprint density at radius 1 is 1.29 bits per heavy atom. The first kappa shape index (κ1) is 15.3. The van der Waals surface area contributed by atoms with Gasteiger partial charge in [-0.15, -0.1) is 0 Å². The molecule has 0 aromatic heterocycles. The highest BCUT2D eigenvalue weighted by atomic mass is 16.5. The van der Waals surface area contributed by atoms with Crippen molar-refractivity contribution < 1.29 is 24.2 Å². The molecule has 0 saturated carbocycles. The molecule has 1 saturated heterocycles. The smallest absolute Gasteiger partial charge is 0.224 e. The van der Waals surface area contributed by atoms with Crippen molar-refractivity contribution in [3.63, 3.8) is 0 Å². The zero-order valence-corrected chi connectivity index (χ0v) is 11.7. The van der Waals surface area contributed by atoms with E-state index in [0.717, 1.165) is 19.4 Å². The SMILES string of the molecule is O=C([O-])CCC(=O)Nc1ccc(OC[C@@H]2CCCO2)cc1. The van der Waals surface area contributed by atoms with Crippen LogP contribution >= 0.6 is 0 Å². The normalized spacial score (nSPS) is 17.4. The predicted octanol–water partition coefficient (Wildman–Crippen LogP) is 0.713. The Balaban J connectivity index is 1.75. The minimum absolute atomic E-state index is 0.0976. The third-order valence-electron chi connectivity index (χ3n) is 3.15. The van der Waals surface area contributed by atoms with Crippen molar-refractivity contribution in [3.05, 3.63) is 24.3 Å². The van der Waals surface area contributed by atoms with Crippen LogP contribution in [0.5, 0.6) is 5.75 Å². The molecule has 21 heavy (non-hydrogen) atoms. The first-order valence-corrected chi connectivity index (χ1v) is 6.97. The average molecular weight is 292 g/mol. The highest BCUT2D eigenvalue weighted by Crippen LogP contribution is 2.18. The molecular weight excluding hydrogens is 274 g/mol. The number of nitrogens with one attached hydrogen (secondary N) is 1. The molecule has 2 rings (SSSR count). The molecular formula is C15H18NO5-. The standard InChI is InChI=1S/C15H19NO5/c17-14(7-8-15(18)19)16-11-3-5-12(6-4-11)21-10-13-2-1-9-20-13/h3-6,13H,1-2,7-10H2,(H,16,17)(H,18,19)/p-1/t13-/m0/s1. The second-order valence-corrected chi connectivity index (χ2v) is 4.89. The van der Waals surface area contributed by atoms with Gasteiger partial charge in [0.05, 0.1) is 6.10 Å². The quantitative estimate of drug-likeness (QED) is 0.799. The van der Waals surface area contributed by atoms with Crippen LogP contribution in [0.4, 0.5) is 5.69 Å². The summed E-state index contributed by atoms with van der Waals surface area (Å²) in [6, 6.07) is 6.93. The molecule has 0 radical (unpaired) electrons. The molecule has 1 aliphatic heterocycles. The second-order valence-electron chi connectivity index (χ2n) is 4.89. The fourth-order valence-corrected chi connectivity index (χ4v) is 2.04. The maximum Gasteiger partial charge on any atom is 0.224 e. The number of carboxylic acids is 1. The Hall–Kier alpha value is -2.08. The van der Waals surface area contributed by atoms with Crippen molar-refractivity contribution >= 4 is 17.6 Å². The molecule has 0 spiro atoms. The van der Waals surface area contributed by atoms with E-state index in [0.29, 0.717) is 18.0 Å². The number of anilines is 1. The molecule has 0 unspecified atom stereocenters. The lowest BCUT2D eigenvalue weighted by Crippen LogP contribution is -2.24. The summed E-state index contributed by atoms with van der Waals surface area (Å²) in [6.45, 7) is 1.32. The van der Waals surface area contributed by atoms with Crippen LogP contribution in [0.25, 0.3) is 0 Å². The van der Waals surface area contributed by atoms with Crippen molar-refractivity contribution in [2.75, 3.05) is 18.5 Å². The largest absolute Gasteiger partial charge is 0.550 e. The Bertz CT molecular complexity index is 479. The van der Waals surface area contributed by atoms with E-state index >= 15 is 0 Å². The minimum atomic E-state index is -1.23. The van der Waals surface area contributed by atoms with Crippen molar-refractivity contribution in [3.8, 4) is 5.75 Å². The maximum atomic E-state index is 11.5. The number of carbonyl (C=O) groups is 2. The Morgan fingerprint density at radius 2 is 2.05 bits per heavy atom. The summed E-state index contributed by atoms with van der Waals surface area (Å²) in [6.07, 6.45) is 1.87. The zero-order valence-electron chi connectivity index (χ0n) is 11.7. The van der Waals surface area contributed by atoms with Gasteiger partial charge < -0.3 is 24.7 Å². The number of amides is 1. The van der Waals surface area contributed by atoms with Crippen LogP contribution in [0.2, 0.25) is 0 Å². The molecule has 1 amide bonds. The molecule has 1 aliphatic rings. The van der Waals surface area contributed by atoms with Gasteiger partial charge in [0.25, 0.3) is 0 Å². The second kappa shape index (κ2) is 7.64. The van der Waals surface area contributed by atoms with Gasteiger partial charge in [0.2, 0.25) is 5.91 Å². The lowest BCUT2D eigenvalue weighted by atomic mass is 10.2. The van der Waals surface area contributed by atoms with Gasteiger partial charge in [0, 0.05) is 24.7 Å². The molecule has 1 N–H and O–H groups in total. The predicted molar refractivity (Wildman–Crippen MR) is 73.8 cm³/mol. The fraction of sp³-hybridized carbons (Fsp3) is 0.467. The molecule has 114 valence electrons. The molecule has 1 aromatic rings. The van der Waals surface area contributed by atoms with E-state index in [1.165, 1.54) is 0 Å². The highest BCUT2D eigenvalue weighted by molar-refractivity contribution is 5.92. The van der Waals surface area contributed by atoms with E-state index in [1.54, 1.807) is 24.3 Å². The van der Waals surface area contributed by atoms with Gasteiger partial charge in [0.15, 0.2) is 0 Å². The van der Waals surface area contributed by atoms with Gasteiger partial charge in [-0.05, 0) is 43.5 Å². The number of carboxylic acid groups (broad SMARTS) is 1. The minimum Gasteiger partial charge on any atom is -0.550 e. The van der Waals surface area contributed by atoms with E-state index in [4.69, 9.17) is 9.47 Å². The lowest BCUT2D eigenvalue weighted by molar-refractivity contribution is -0.305. The summed E-state index contributed by atoms with van der Waals surface area (Å²) in [5.74, 6) is -0.881. The number of aliphatic carboxylic acids is 1. The van der Waals surface area contributed by atoms with Crippen molar-refractivity contribution in [2.45, 2.75) is 31.8 Å². The third kappa shape index (κ3) is 5.43. The van der Waals surface area contributed by atoms with Gasteiger partial charge in [0.1, 0.15) is 12.4 Å². The van der Waals surface area contributed by atoms with Crippen molar-refractivity contribution in [1.82, 2.24) is 0 Å². The molecule has 0 bridgehead atoms. The van der Waals surface area contributed by atoms with Crippen LogP contribution in [0, 0.1) is 0 Å². The van der Waals surface area contributed by atoms with Gasteiger partial charge in [-0.1, -0.05) is 0 Å². The van der Waals surface area contributed by atoms with Crippen molar-refractivity contribution in [1.29, 1.82) is 0 Å². The molecule has 6 nitrogen and oxygen atoms in total. The summed E-state index contributed by atoms with van der Waals surface area (Å²) >= 11 is 0. The summed E-state index contributed by atoms with van der Waals surface area (Å²) in [5.41, 5.74) is 0.600. The number of hydrogen-bond acceptors (Lipinski definition) is 5. The number of rotatable bonds is 7. The summed E-state index contributed by atoms with van der Waals surface area (Å²) < 4.78 is 11.1. The van der Waals surface area contributed by atoms with E-state index in [2.05, 4.69) is 5.32 Å². The number of hydrogen-bond donors (Lipinski definition) is 1. The molecule has 6 heteroatoms. The Kier molecular flexibility index (Phi) is 5.57. The Morgan fingerprint density at radius 3 is 2.67 bits per heavy atom. The van der Waals surface area contributed by atoms with E-state index < -0.39 is 5.97 Å². The average Bonchev–Trinajstić information content (AvgIpc) is 2.98. The molecule has 1 aromatic carbocycles. The Labute approximate surface area is 123 Å². The monoisotopic (exact) mass is 292 g/mol. The number of ether oxygens (including phenoxy) is 2. The maximum absolute atomic E-state index is 11.5. The molecule has 1 atom stereocenters. The summed E-state index contributed by atoms with van der Waals surface area (Å²) in [4.78, 5) is 21.7. The molecule has 1 fully saturated rings. The van der Waals surface area contributed by atoms with E-state index in [1.807, 2.05) is 0 Å². The van der Waals surface area contributed by atoms with E-state index in [-0.39, 0.29) is 24.9 Å². The van der Waals surface area contributed by atoms with Crippen LogP contribution in [0.1, 0.15) is 25.7 Å². The lowest BCUT2D eigenvalue weighted by Gasteiger charge is -2.12. The van der Waals surface area contributed by atoms with Crippen LogP contribution in [0.15, 0.2) is 24.3 Å². The van der Waals surface area contributed by atoms with Crippen LogP contribution in [-0.2, 0) is 14.3 Å². The molecule has 1 heterocycles. The highest BCUT2D eigenvalue weighted by Gasteiger charge is 2.15. The van der Waals surface area contributed by atoms with Crippen LogP contribution in [-0.4, -0.2) is 31.2 Å². The fourth-order valence-electron chi connectivity index (χ4n) is 2.04. The zero-order chi connectivity index (χ0) is 15.1. The summed E-state index contributed by atoms with van der Waals surface area (Å²) in [7, 11) is 0. The number of carbonyl (C=O) groups excluding carboxylic acids is 2. The number of benzene rings is 1. The van der Waals surface area contributed by atoms with Crippen LogP contribution in [0.3, 0.4) is 0 Å². The van der Waals surface area contributed by atoms with Gasteiger partial charge in [-0.2, -0.15) is 0 Å². The van der Waals surface area contributed by atoms with E-state index in [9.17, 15) is 14.7 Å².